The number of hydrogen-bond donors (Lipinski definition) is 2. The maximum absolute atomic E-state index is 11.4. The van der Waals surface area contributed by atoms with Crippen LogP contribution in [-0.4, -0.2) is 29.9 Å². The number of nitrogens with two attached hydrogens (primary N) is 1. The van der Waals surface area contributed by atoms with Crippen molar-refractivity contribution in [2.24, 2.45) is 16.6 Å². The first-order chi connectivity index (χ1) is 11.5. The van der Waals surface area contributed by atoms with Crippen LogP contribution in [0.3, 0.4) is 0 Å². The molecule has 0 amide bonds. The molecule has 4 rings (SSSR count). The molecule has 120 valence electrons. The molecule has 1 aromatic carbocycles. The molecule has 2 aliphatic heterocycles. The Hall–Kier alpha value is -3.01. The lowest BCUT2D eigenvalue weighted by Gasteiger charge is -2.23. The summed E-state index contributed by atoms with van der Waals surface area (Å²) in [5.74, 6) is -2.34. The third-order valence-corrected chi connectivity index (χ3v) is 5.14. The van der Waals surface area contributed by atoms with Crippen molar-refractivity contribution in [1.29, 1.82) is 10.5 Å². The van der Waals surface area contributed by atoms with Crippen LogP contribution in [-0.2, 0) is 9.47 Å². The lowest BCUT2D eigenvalue weighted by molar-refractivity contribution is -0.676. The summed E-state index contributed by atoms with van der Waals surface area (Å²) in [6.45, 7) is 0.462. The number of hydrogen-bond acceptors (Lipinski definition) is 7. The minimum atomic E-state index is -1.56. The van der Waals surface area contributed by atoms with E-state index in [4.69, 9.17) is 15.2 Å². The van der Waals surface area contributed by atoms with Crippen LogP contribution in [0.25, 0.3) is 0 Å². The van der Waals surface area contributed by atoms with E-state index in [0.29, 0.717) is 0 Å². The van der Waals surface area contributed by atoms with Crippen LogP contribution < -0.4 is 10.7 Å². The highest BCUT2D eigenvalue weighted by Crippen LogP contribution is 2.79. The van der Waals surface area contributed by atoms with Crippen LogP contribution in [0.4, 0.5) is 5.69 Å². The largest absolute Gasteiger partial charge is 0.343 e. The highest BCUT2D eigenvalue weighted by molar-refractivity contribution is 5.95. The third kappa shape index (κ3) is 1.25. The zero-order chi connectivity index (χ0) is 17.2. The fourth-order valence-electron chi connectivity index (χ4n) is 4.18. The van der Waals surface area contributed by atoms with Crippen molar-refractivity contribution in [1.82, 2.24) is 0 Å². The molecule has 0 unspecified atom stereocenters. The number of fused-ring (bicyclic) bond motifs is 2. The zero-order valence-corrected chi connectivity index (χ0v) is 12.4. The van der Waals surface area contributed by atoms with Crippen LogP contribution in [0, 0.1) is 43.6 Å². The molecule has 24 heavy (non-hydrogen) atoms. The molecule has 1 aliphatic carbocycles. The van der Waals surface area contributed by atoms with Crippen molar-refractivity contribution in [3.05, 3.63) is 39.9 Å². The fourth-order valence-corrected chi connectivity index (χ4v) is 4.18. The number of nitrogens with zero attached hydrogens (tertiary/aromatic N) is 3. The van der Waals surface area contributed by atoms with Gasteiger partial charge in [0.05, 0.1) is 36.2 Å². The lowest BCUT2D eigenvalue weighted by Crippen LogP contribution is -2.89. The highest BCUT2D eigenvalue weighted by atomic mass is 16.8. The molecule has 3 atom stereocenters. The number of para-hydroxylation sites is 1. The first-order valence-corrected chi connectivity index (χ1v) is 7.25. The molecule has 2 fully saturated rings. The van der Waals surface area contributed by atoms with Crippen LogP contribution in [0.15, 0.2) is 24.3 Å². The summed E-state index contributed by atoms with van der Waals surface area (Å²) in [5.41, 5.74) is 3.21. The topological polar surface area (TPSA) is 149 Å². The number of nitro groups is 1. The van der Waals surface area contributed by atoms with E-state index >= 15 is 0 Å². The first-order valence-electron chi connectivity index (χ1n) is 7.25. The Kier molecular flexibility index (Phi) is 2.61. The second kappa shape index (κ2) is 4.29. The van der Waals surface area contributed by atoms with Gasteiger partial charge in [0.25, 0.3) is 11.5 Å². The van der Waals surface area contributed by atoms with Crippen molar-refractivity contribution in [2.75, 3.05) is 13.2 Å². The number of rotatable bonds is 2. The minimum Gasteiger partial charge on any atom is -0.311 e. The van der Waals surface area contributed by atoms with Crippen molar-refractivity contribution in [2.45, 2.75) is 11.8 Å². The Morgan fingerprint density at radius 1 is 1.29 bits per heavy atom. The van der Waals surface area contributed by atoms with Gasteiger partial charge in [0.2, 0.25) is 0 Å². The number of ether oxygens (including phenoxy) is 2. The van der Waals surface area contributed by atoms with Gasteiger partial charge in [0.15, 0.2) is 10.8 Å². The van der Waals surface area contributed by atoms with Gasteiger partial charge in [-0.1, -0.05) is 18.2 Å². The van der Waals surface area contributed by atoms with E-state index in [1.165, 1.54) is 18.2 Å². The van der Waals surface area contributed by atoms with E-state index in [0.717, 1.165) is 0 Å². The monoisotopic (exact) mass is 326 g/mol. The number of benzene rings is 1. The third-order valence-electron chi connectivity index (χ3n) is 5.14. The molecular formula is C15H12N5O4+. The van der Waals surface area contributed by atoms with E-state index in [2.05, 4.69) is 17.1 Å². The maximum Gasteiger partial charge on any atom is 0.343 e. The summed E-state index contributed by atoms with van der Waals surface area (Å²) >= 11 is 0. The summed E-state index contributed by atoms with van der Waals surface area (Å²) in [4.78, 5) is 13.6. The van der Waals surface area contributed by atoms with Crippen LogP contribution in [0.2, 0.25) is 0 Å². The zero-order valence-electron chi connectivity index (χ0n) is 12.4. The number of amidine groups is 1. The van der Waals surface area contributed by atoms with Crippen LogP contribution in [0.5, 0.6) is 0 Å². The van der Waals surface area contributed by atoms with Gasteiger partial charge in [-0.25, -0.2) is 4.99 Å². The molecule has 1 saturated heterocycles. The van der Waals surface area contributed by atoms with E-state index in [1.807, 2.05) is 0 Å². The number of nitrogens with one attached hydrogen (secondary N) is 1. The van der Waals surface area contributed by atoms with Crippen molar-refractivity contribution >= 4 is 11.5 Å². The minimum absolute atomic E-state index is 0.0385. The smallest absolute Gasteiger partial charge is 0.311 e. The molecular weight excluding hydrogens is 314 g/mol. The highest BCUT2D eigenvalue weighted by Gasteiger charge is 2.98. The summed E-state index contributed by atoms with van der Waals surface area (Å²) in [6, 6.07) is 10.2. The second-order valence-electron chi connectivity index (χ2n) is 5.94. The molecule has 3 aliphatic rings. The Morgan fingerprint density at radius 2 is 1.96 bits per heavy atom. The standard InChI is InChI=1S/C15H11N5O4/c16-7-13-11(9-3-1-2-4-10(9)20(21)22)14(13,8-17)15(19-12(13)18)23-5-6-24-15/h1-4,11H,5-6H2,(H2,18,19)/p+1/t11-,13+,14+/m0/s1. The molecule has 3 N–H and O–H groups in total. The second-order valence-corrected chi connectivity index (χ2v) is 5.94. The average molecular weight is 326 g/mol. The van der Waals surface area contributed by atoms with Crippen molar-refractivity contribution < 1.29 is 19.4 Å². The van der Waals surface area contributed by atoms with Crippen molar-refractivity contribution in [3.8, 4) is 12.1 Å². The van der Waals surface area contributed by atoms with Gasteiger partial charge in [0.1, 0.15) is 0 Å². The van der Waals surface area contributed by atoms with E-state index < -0.39 is 27.6 Å². The SMILES string of the molecule is N#C[C@@]12C(N)=[NH+]C3(OCCO3)[C@]1(C#N)[C@H]2c1ccccc1[N+](=O)[O-]. The van der Waals surface area contributed by atoms with Crippen LogP contribution >= 0.6 is 0 Å². The van der Waals surface area contributed by atoms with E-state index in [9.17, 15) is 20.6 Å². The van der Waals surface area contributed by atoms with E-state index in [-0.39, 0.29) is 30.3 Å². The Labute approximate surface area is 136 Å². The Balaban J connectivity index is 1.97. The summed E-state index contributed by atoms with van der Waals surface area (Å²) in [6.07, 6.45) is 0. The molecule has 0 radical (unpaired) electrons. The average Bonchev–Trinajstić information content (AvgIpc) is 2.83. The van der Waals surface area contributed by atoms with Gasteiger partial charge < -0.3 is 9.47 Å². The molecule has 9 nitrogen and oxygen atoms in total. The van der Waals surface area contributed by atoms with Crippen LogP contribution in [0.1, 0.15) is 11.5 Å². The van der Waals surface area contributed by atoms with Crippen molar-refractivity contribution in [3.63, 3.8) is 0 Å². The number of nitriles is 2. The summed E-state index contributed by atoms with van der Waals surface area (Å²) in [7, 11) is 0. The molecule has 9 heteroatoms. The molecule has 0 bridgehead atoms. The fraction of sp³-hybridized carbons (Fsp3) is 0.400. The van der Waals surface area contributed by atoms with Gasteiger partial charge in [-0.2, -0.15) is 10.5 Å². The predicted octanol–water partition coefficient (Wildman–Crippen LogP) is -1.14. The predicted molar refractivity (Wildman–Crippen MR) is 76.7 cm³/mol. The van der Waals surface area contributed by atoms with Gasteiger partial charge in [0, 0.05) is 11.6 Å². The quantitative estimate of drug-likeness (QED) is 0.515. The van der Waals surface area contributed by atoms with E-state index in [1.54, 1.807) is 6.07 Å². The Bertz CT molecular complexity index is 879. The van der Waals surface area contributed by atoms with Gasteiger partial charge in [-0.15, -0.1) is 0 Å². The normalized spacial score (nSPS) is 34.9. The summed E-state index contributed by atoms with van der Waals surface area (Å²) < 4.78 is 11.2. The molecule has 1 saturated carbocycles. The molecule has 1 spiro atoms. The molecule has 0 aromatic heterocycles. The van der Waals surface area contributed by atoms with Gasteiger partial charge in [-0.05, 0) is 0 Å². The lowest BCUT2D eigenvalue weighted by atomic mass is 9.93. The van der Waals surface area contributed by atoms with Gasteiger partial charge >= 0.3 is 5.91 Å². The first kappa shape index (κ1) is 14.6. The molecule has 1 aromatic rings. The van der Waals surface area contributed by atoms with Gasteiger partial charge in [-0.3, -0.25) is 15.8 Å². The maximum atomic E-state index is 11.4. The Morgan fingerprint density at radius 3 is 2.54 bits per heavy atom. The number of nitro benzene ring substituents is 1. The molecule has 2 heterocycles. The summed E-state index contributed by atoms with van der Waals surface area (Å²) in [5, 5.41) is 31.1.